The molecule has 0 aliphatic carbocycles. The second kappa shape index (κ2) is 14.7. The zero-order valence-corrected chi connectivity index (χ0v) is 25.8. The van der Waals surface area contributed by atoms with E-state index in [1.54, 1.807) is 36.4 Å². The minimum Gasteiger partial charge on any atom is -0.360 e. The Morgan fingerprint density at radius 3 is 2.53 bits per heavy atom. The highest BCUT2D eigenvalue weighted by molar-refractivity contribution is 7.86. The number of hydrogen-bond donors (Lipinski definition) is 3. The number of nitrogens with zero attached hydrogens (tertiary/aromatic N) is 5. The number of rotatable bonds is 11. The summed E-state index contributed by atoms with van der Waals surface area (Å²) in [7, 11) is -2.04. The number of pyridine rings is 1. The van der Waals surface area contributed by atoms with Gasteiger partial charge in [-0.3, -0.25) is 29.1 Å². The van der Waals surface area contributed by atoms with Crippen molar-refractivity contribution in [1.29, 1.82) is 0 Å². The summed E-state index contributed by atoms with van der Waals surface area (Å²) in [4.78, 5) is 31.2. The van der Waals surface area contributed by atoms with Gasteiger partial charge in [-0.1, -0.05) is 37.3 Å². The van der Waals surface area contributed by atoms with Gasteiger partial charge in [0.25, 0.3) is 5.56 Å². The topological polar surface area (TPSA) is 140 Å². The molecule has 0 radical (unpaired) electrons. The number of fused-ring (bicyclic) bond motifs is 1. The van der Waals surface area contributed by atoms with Crippen LogP contribution in [0.4, 0.5) is 18.9 Å². The lowest BCUT2D eigenvalue weighted by molar-refractivity contribution is 0.512. The number of amidine groups is 1. The third-order valence-electron chi connectivity index (χ3n) is 7.04. The SMILES string of the molecule is C=N/C=C(\C(=N/CN)NC(CC)c1nc2cccc(F)c2c(=O)n1-c1ccccc1)c1cncc(S(=O)Nc2cccc(F)c2F)c1. The Balaban J connectivity index is 1.56. The van der Waals surface area contributed by atoms with Crippen LogP contribution in [0, 0.1) is 17.5 Å². The van der Waals surface area contributed by atoms with E-state index in [9.17, 15) is 22.2 Å². The van der Waals surface area contributed by atoms with E-state index in [2.05, 4.69) is 31.7 Å². The molecule has 0 fully saturated rings. The molecule has 0 aliphatic rings. The van der Waals surface area contributed by atoms with E-state index in [1.165, 1.54) is 53.5 Å². The minimum atomic E-state index is -2.04. The van der Waals surface area contributed by atoms with Crippen LogP contribution in [0.1, 0.15) is 30.8 Å². The first-order valence-electron chi connectivity index (χ1n) is 14.3. The maximum absolute atomic E-state index is 14.9. The lowest BCUT2D eigenvalue weighted by atomic mass is 10.1. The van der Waals surface area contributed by atoms with E-state index in [-0.39, 0.29) is 39.8 Å². The molecule has 0 amide bonds. The normalized spacial score (nSPS) is 13.3. The first-order chi connectivity index (χ1) is 22.8. The molecular formula is C33H29F3N8O2S. The number of para-hydroxylation sites is 1. The van der Waals surface area contributed by atoms with E-state index in [1.807, 2.05) is 6.92 Å². The third kappa shape index (κ3) is 7.03. The van der Waals surface area contributed by atoms with Crippen molar-refractivity contribution in [2.45, 2.75) is 24.3 Å². The Kier molecular flexibility index (Phi) is 10.3. The van der Waals surface area contributed by atoms with Crippen molar-refractivity contribution in [3.63, 3.8) is 0 Å². The van der Waals surface area contributed by atoms with Gasteiger partial charge in [0.1, 0.15) is 22.9 Å². The molecule has 14 heteroatoms. The van der Waals surface area contributed by atoms with Crippen molar-refractivity contribution >= 4 is 45.7 Å². The van der Waals surface area contributed by atoms with Crippen LogP contribution < -0.4 is 21.3 Å². The number of anilines is 1. The smallest absolute Gasteiger partial charge is 0.269 e. The number of benzene rings is 3. The van der Waals surface area contributed by atoms with Crippen molar-refractivity contribution in [1.82, 2.24) is 19.9 Å². The molecule has 2 aromatic heterocycles. The largest absolute Gasteiger partial charge is 0.360 e. The Morgan fingerprint density at radius 2 is 1.81 bits per heavy atom. The lowest BCUT2D eigenvalue weighted by Gasteiger charge is -2.24. The molecule has 5 aromatic rings. The maximum Gasteiger partial charge on any atom is 0.269 e. The highest BCUT2D eigenvalue weighted by Crippen LogP contribution is 2.25. The molecule has 0 saturated carbocycles. The number of aromatic nitrogens is 3. The van der Waals surface area contributed by atoms with Crippen molar-refractivity contribution < 1.29 is 17.4 Å². The molecule has 0 saturated heterocycles. The summed E-state index contributed by atoms with van der Waals surface area (Å²) in [6.07, 6.45) is 4.56. The van der Waals surface area contributed by atoms with Crippen LogP contribution in [0.2, 0.25) is 0 Å². The molecule has 4 N–H and O–H groups in total. The van der Waals surface area contributed by atoms with E-state index >= 15 is 0 Å². The molecule has 0 spiro atoms. The maximum atomic E-state index is 14.9. The number of hydrogen-bond acceptors (Lipinski definition) is 7. The summed E-state index contributed by atoms with van der Waals surface area (Å²) >= 11 is 0. The molecule has 240 valence electrons. The molecular weight excluding hydrogens is 629 g/mol. The van der Waals surface area contributed by atoms with Gasteiger partial charge in [0.15, 0.2) is 22.6 Å². The first-order valence-corrected chi connectivity index (χ1v) is 15.4. The molecule has 10 nitrogen and oxygen atoms in total. The lowest BCUT2D eigenvalue weighted by Crippen LogP contribution is -2.35. The zero-order valence-electron chi connectivity index (χ0n) is 25.0. The van der Waals surface area contributed by atoms with Gasteiger partial charge in [-0.15, -0.1) is 0 Å². The standard InChI is InChI=1S/C33H29F3N8O2S/c1-3-26(32-42-27-13-7-11-24(34)29(27)33(45)44(32)21-9-5-4-6-10-21)41-31(40-19-37)23(18-38-2)20-15-22(17-39-16-20)47(46)43-28-14-8-12-25(35)30(28)36/h4-18,26,43H,2-3,19,37H2,1H3,(H,40,41)/b23-18-. The summed E-state index contributed by atoms with van der Waals surface area (Å²) < 4.78 is 59.8. The summed E-state index contributed by atoms with van der Waals surface area (Å²) in [5.41, 5.74) is 6.38. The molecule has 3 aromatic carbocycles. The Morgan fingerprint density at radius 1 is 1.06 bits per heavy atom. The van der Waals surface area contributed by atoms with Gasteiger partial charge in [-0.25, -0.2) is 22.4 Å². The van der Waals surface area contributed by atoms with Crippen molar-refractivity contribution in [2.24, 2.45) is 15.7 Å². The average molecular weight is 659 g/mol. The van der Waals surface area contributed by atoms with Crippen LogP contribution in [-0.2, 0) is 11.0 Å². The molecule has 2 heterocycles. The second-order valence-corrected chi connectivity index (χ2v) is 11.2. The Hall–Kier alpha value is -5.47. The van der Waals surface area contributed by atoms with Crippen molar-refractivity contribution in [3.05, 3.63) is 131 Å². The van der Waals surface area contributed by atoms with Gasteiger partial charge >= 0.3 is 0 Å². The third-order valence-corrected chi connectivity index (χ3v) is 8.09. The first kappa shape index (κ1) is 32.9. The van der Waals surface area contributed by atoms with Crippen LogP contribution in [0.15, 0.2) is 111 Å². The van der Waals surface area contributed by atoms with Crippen molar-refractivity contribution in [3.8, 4) is 5.69 Å². The zero-order chi connectivity index (χ0) is 33.5. The van der Waals surface area contributed by atoms with Gasteiger partial charge in [-0.05, 0) is 55.6 Å². The number of nitrogens with two attached hydrogens (primary N) is 1. The number of aliphatic imine (C=N–C) groups is 2. The monoisotopic (exact) mass is 658 g/mol. The molecule has 5 rings (SSSR count). The fraction of sp³-hybridized carbons (Fsp3) is 0.121. The number of halogens is 3. The van der Waals surface area contributed by atoms with Gasteiger partial charge in [0.05, 0.1) is 34.5 Å². The van der Waals surface area contributed by atoms with Gasteiger partial charge < -0.3 is 11.1 Å². The second-order valence-electron chi connectivity index (χ2n) is 9.98. The van der Waals surface area contributed by atoms with Crippen LogP contribution in [0.3, 0.4) is 0 Å². The Bertz CT molecular complexity index is 2090. The summed E-state index contributed by atoms with van der Waals surface area (Å²) in [5, 5.41) is 3.16. The van der Waals surface area contributed by atoms with Crippen LogP contribution in [0.5, 0.6) is 0 Å². The summed E-state index contributed by atoms with van der Waals surface area (Å²) in [5.74, 6) is -2.46. The molecule has 47 heavy (non-hydrogen) atoms. The van der Waals surface area contributed by atoms with E-state index in [4.69, 9.17) is 10.7 Å². The highest BCUT2D eigenvalue weighted by Gasteiger charge is 2.24. The summed E-state index contributed by atoms with van der Waals surface area (Å²) in [6, 6.07) is 17.3. The molecule has 2 unspecified atom stereocenters. The Labute approximate surface area is 270 Å². The molecule has 2 atom stereocenters. The number of nitrogens with one attached hydrogen (secondary N) is 2. The van der Waals surface area contributed by atoms with E-state index < -0.39 is 40.0 Å². The van der Waals surface area contributed by atoms with Gasteiger partial charge in [0.2, 0.25) is 0 Å². The fourth-order valence-electron chi connectivity index (χ4n) is 4.85. The predicted molar refractivity (Wildman–Crippen MR) is 178 cm³/mol. The summed E-state index contributed by atoms with van der Waals surface area (Å²) in [6.45, 7) is 5.27. The van der Waals surface area contributed by atoms with Crippen LogP contribution in [0.25, 0.3) is 22.2 Å². The quantitative estimate of drug-likeness (QED) is 0.128. The van der Waals surface area contributed by atoms with Crippen molar-refractivity contribution in [2.75, 3.05) is 11.4 Å². The fourth-order valence-corrected chi connectivity index (χ4v) is 5.72. The minimum absolute atomic E-state index is 0.136. The highest BCUT2D eigenvalue weighted by atomic mass is 32.2. The van der Waals surface area contributed by atoms with Crippen LogP contribution in [-0.4, -0.2) is 38.0 Å². The average Bonchev–Trinajstić information content (AvgIpc) is 3.08. The van der Waals surface area contributed by atoms with E-state index in [0.29, 0.717) is 23.2 Å². The van der Waals surface area contributed by atoms with Gasteiger partial charge in [-0.2, -0.15) is 0 Å². The van der Waals surface area contributed by atoms with Crippen LogP contribution >= 0.6 is 0 Å². The van der Waals surface area contributed by atoms with Gasteiger partial charge in [0, 0.05) is 29.7 Å². The predicted octanol–water partition coefficient (Wildman–Crippen LogP) is 5.43. The van der Waals surface area contributed by atoms with E-state index in [0.717, 1.165) is 6.07 Å². The molecule has 0 aliphatic heterocycles. The molecule has 0 bridgehead atoms.